The van der Waals surface area contributed by atoms with Crippen LogP contribution in [0.25, 0.3) is 0 Å². The molecule has 1 aromatic heterocycles. The minimum atomic E-state index is -0.368. The standard InChI is InChI=1S/C16H15BrN2O2/c1-10-7-15(20)14(9-19(10)13-5-6-13)16(21)18-12-4-2-3-11(17)8-12/h2-4,7-9,13H,5-6H2,1H3,(H,18,21). The van der Waals surface area contributed by atoms with Crippen LogP contribution in [0.1, 0.15) is 34.9 Å². The Morgan fingerprint density at radius 1 is 1.33 bits per heavy atom. The number of aryl methyl sites for hydroxylation is 1. The summed E-state index contributed by atoms with van der Waals surface area (Å²) in [5, 5.41) is 2.76. The molecular formula is C16H15BrN2O2. The third-order valence-corrected chi connectivity index (χ3v) is 4.04. The molecule has 0 radical (unpaired) electrons. The zero-order valence-corrected chi connectivity index (χ0v) is 13.2. The lowest BCUT2D eigenvalue weighted by Crippen LogP contribution is -2.23. The molecule has 0 atom stereocenters. The Balaban J connectivity index is 1.90. The van der Waals surface area contributed by atoms with E-state index in [2.05, 4.69) is 21.2 Å². The fraction of sp³-hybridized carbons (Fsp3) is 0.250. The first-order valence-electron chi connectivity index (χ1n) is 6.84. The van der Waals surface area contributed by atoms with Crippen LogP contribution < -0.4 is 10.7 Å². The highest BCUT2D eigenvalue weighted by Crippen LogP contribution is 2.35. The summed E-state index contributed by atoms with van der Waals surface area (Å²) in [6.07, 6.45) is 3.90. The molecule has 3 rings (SSSR count). The number of aromatic nitrogens is 1. The lowest BCUT2D eigenvalue weighted by Gasteiger charge is -2.11. The maximum Gasteiger partial charge on any atom is 0.261 e. The van der Waals surface area contributed by atoms with Gasteiger partial charge in [0.05, 0.1) is 0 Å². The van der Waals surface area contributed by atoms with Gasteiger partial charge in [-0.25, -0.2) is 0 Å². The van der Waals surface area contributed by atoms with Crippen molar-refractivity contribution in [2.75, 3.05) is 5.32 Å². The molecule has 4 nitrogen and oxygen atoms in total. The van der Waals surface area contributed by atoms with Gasteiger partial charge in [-0.2, -0.15) is 0 Å². The number of carbonyl (C=O) groups is 1. The van der Waals surface area contributed by atoms with E-state index >= 15 is 0 Å². The number of pyridine rings is 1. The van der Waals surface area contributed by atoms with Crippen molar-refractivity contribution < 1.29 is 4.79 Å². The molecular weight excluding hydrogens is 332 g/mol. The van der Waals surface area contributed by atoms with E-state index in [9.17, 15) is 9.59 Å². The van der Waals surface area contributed by atoms with E-state index < -0.39 is 0 Å². The third kappa shape index (κ3) is 3.08. The molecule has 0 unspecified atom stereocenters. The largest absolute Gasteiger partial charge is 0.348 e. The van der Waals surface area contributed by atoms with Crippen LogP contribution in [0.15, 0.2) is 45.8 Å². The van der Waals surface area contributed by atoms with Crippen molar-refractivity contribution >= 4 is 27.5 Å². The Bertz CT molecular complexity index is 763. The zero-order chi connectivity index (χ0) is 15.0. The second-order valence-corrected chi connectivity index (χ2v) is 6.21. The molecule has 0 spiro atoms. The first-order valence-corrected chi connectivity index (χ1v) is 7.63. The highest BCUT2D eigenvalue weighted by atomic mass is 79.9. The van der Waals surface area contributed by atoms with E-state index in [1.807, 2.05) is 23.6 Å². The molecule has 5 heteroatoms. The Morgan fingerprint density at radius 2 is 2.10 bits per heavy atom. The predicted molar refractivity (Wildman–Crippen MR) is 85.8 cm³/mol. The summed E-state index contributed by atoms with van der Waals surface area (Å²) < 4.78 is 2.90. The van der Waals surface area contributed by atoms with Crippen molar-refractivity contribution in [2.45, 2.75) is 25.8 Å². The topological polar surface area (TPSA) is 51.1 Å². The highest BCUT2D eigenvalue weighted by molar-refractivity contribution is 9.10. The average Bonchev–Trinajstić information content (AvgIpc) is 3.23. The lowest BCUT2D eigenvalue weighted by atomic mass is 10.2. The number of halogens is 1. The third-order valence-electron chi connectivity index (χ3n) is 3.55. The van der Waals surface area contributed by atoms with Crippen molar-refractivity contribution in [1.29, 1.82) is 0 Å². The highest BCUT2D eigenvalue weighted by Gasteiger charge is 2.25. The van der Waals surface area contributed by atoms with Gasteiger partial charge in [0.25, 0.3) is 5.91 Å². The Hall–Kier alpha value is -1.88. The number of carbonyl (C=O) groups excluding carboxylic acids is 1. The number of amides is 1. The molecule has 1 fully saturated rings. The van der Waals surface area contributed by atoms with Gasteiger partial charge < -0.3 is 9.88 Å². The summed E-state index contributed by atoms with van der Waals surface area (Å²) in [6, 6.07) is 9.26. The monoisotopic (exact) mass is 346 g/mol. The van der Waals surface area contributed by atoms with Crippen molar-refractivity contribution in [3.05, 3.63) is 62.5 Å². The van der Waals surface area contributed by atoms with E-state index in [1.54, 1.807) is 18.3 Å². The number of anilines is 1. The molecule has 2 aromatic rings. The van der Waals surface area contributed by atoms with Gasteiger partial charge >= 0.3 is 0 Å². The average molecular weight is 347 g/mol. The molecule has 1 N–H and O–H groups in total. The van der Waals surface area contributed by atoms with Gasteiger partial charge in [-0.15, -0.1) is 0 Å². The minimum absolute atomic E-state index is 0.187. The summed E-state index contributed by atoms with van der Waals surface area (Å²) in [4.78, 5) is 24.4. The number of nitrogens with one attached hydrogen (secondary N) is 1. The first-order chi connectivity index (χ1) is 10.0. The van der Waals surface area contributed by atoms with Crippen LogP contribution in [-0.4, -0.2) is 10.5 Å². The number of hydrogen-bond acceptors (Lipinski definition) is 2. The van der Waals surface area contributed by atoms with Crippen LogP contribution in [0.2, 0.25) is 0 Å². The van der Waals surface area contributed by atoms with Gasteiger partial charge in [0, 0.05) is 34.2 Å². The van der Waals surface area contributed by atoms with E-state index in [-0.39, 0.29) is 16.9 Å². The number of rotatable bonds is 3. The molecule has 0 bridgehead atoms. The fourth-order valence-electron chi connectivity index (χ4n) is 2.33. The number of hydrogen-bond donors (Lipinski definition) is 1. The molecule has 0 aliphatic heterocycles. The Kier molecular flexibility index (Phi) is 3.68. The summed E-state index contributed by atoms with van der Waals surface area (Å²) in [5.74, 6) is -0.368. The van der Waals surface area contributed by atoms with Crippen LogP contribution in [0.3, 0.4) is 0 Å². The van der Waals surface area contributed by atoms with Crippen LogP contribution in [0.4, 0.5) is 5.69 Å². The second kappa shape index (κ2) is 5.48. The van der Waals surface area contributed by atoms with Crippen molar-refractivity contribution in [3.63, 3.8) is 0 Å². The maximum absolute atomic E-state index is 12.3. The minimum Gasteiger partial charge on any atom is -0.348 e. The van der Waals surface area contributed by atoms with Crippen LogP contribution in [-0.2, 0) is 0 Å². The SMILES string of the molecule is Cc1cc(=O)c(C(=O)Nc2cccc(Br)c2)cn1C1CC1. The Labute approximate surface area is 130 Å². The van der Waals surface area contributed by atoms with Gasteiger partial charge in [-0.05, 0) is 38.0 Å². The second-order valence-electron chi connectivity index (χ2n) is 5.30. The van der Waals surface area contributed by atoms with Crippen LogP contribution >= 0.6 is 15.9 Å². The van der Waals surface area contributed by atoms with Crippen molar-refractivity contribution in [3.8, 4) is 0 Å². The van der Waals surface area contributed by atoms with E-state index in [4.69, 9.17) is 0 Å². The normalized spacial score (nSPS) is 14.0. The molecule has 21 heavy (non-hydrogen) atoms. The molecule has 1 heterocycles. The van der Waals surface area contributed by atoms with E-state index in [0.29, 0.717) is 11.7 Å². The molecule has 1 aliphatic carbocycles. The lowest BCUT2D eigenvalue weighted by molar-refractivity contribution is 0.102. The number of benzene rings is 1. The Morgan fingerprint density at radius 3 is 2.76 bits per heavy atom. The van der Waals surface area contributed by atoms with Gasteiger partial charge in [-0.1, -0.05) is 22.0 Å². The van der Waals surface area contributed by atoms with E-state index in [0.717, 1.165) is 23.0 Å². The molecule has 0 saturated heterocycles. The van der Waals surface area contributed by atoms with Gasteiger partial charge in [0.2, 0.25) is 0 Å². The quantitative estimate of drug-likeness (QED) is 0.924. The molecule has 1 saturated carbocycles. The predicted octanol–water partition coefficient (Wildman–Crippen LogP) is 3.51. The summed E-state index contributed by atoms with van der Waals surface area (Å²) in [5.41, 5.74) is 1.51. The van der Waals surface area contributed by atoms with Gasteiger partial charge in [0.15, 0.2) is 5.43 Å². The van der Waals surface area contributed by atoms with Crippen molar-refractivity contribution in [1.82, 2.24) is 4.57 Å². The van der Waals surface area contributed by atoms with Crippen LogP contribution in [0.5, 0.6) is 0 Å². The molecule has 108 valence electrons. The molecule has 1 aliphatic rings. The summed E-state index contributed by atoms with van der Waals surface area (Å²) >= 11 is 3.35. The molecule has 1 amide bonds. The maximum atomic E-state index is 12.3. The molecule has 1 aromatic carbocycles. The summed E-state index contributed by atoms with van der Waals surface area (Å²) in [7, 11) is 0. The smallest absolute Gasteiger partial charge is 0.261 e. The van der Waals surface area contributed by atoms with Crippen molar-refractivity contribution in [2.24, 2.45) is 0 Å². The first kappa shape index (κ1) is 14.1. The van der Waals surface area contributed by atoms with E-state index in [1.165, 1.54) is 6.07 Å². The van der Waals surface area contributed by atoms with Crippen LogP contribution in [0, 0.1) is 6.92 Å². The fourth-order valence-corrected chi connectivity index (χ4v) is 2.73. The zero-order valence-electron chi connectivity index (χ0n) is 11.6. The summed E-state index contributed by atoms with van der Waals surface area (Å²) in [6.45, 7) is 1.90. The van der Waals surface area contributed by atoms with Gasteiger partial charge in [-0.3, -0.25) is 9.59 Å². The number of nitrogens with zero attached hydrogens (tertiary/aromatic N) is 1. The van der Waals surface area contributed by atoms with Gasteiger partial charge in [0.1, 0.15) is 5.56 Å².